The van der Waals surface area contributed by atoms with Crippen LogP contribution in [0.3, 0.4) is 0 Å². The Morgan fingerprint density at radius 1 is 1.17 bits per heavy atom. The topological polar surface area (TPSA) is 61.9 Å². The number of piperazine rings is 1. The second-order valence-electron chi connectivity index (χ2n) is 5.71. The van der Waals surface area contributed by atoms with Gasteiger partial charge in [0.1, 0.15) is 9.96 Å². The van der Waals surface area contributed by atoms with E-state index in [4.69, 9.17) is 4.74 Å². The van der Waals surface area contributed by atoms with Crippen LogP contribution in [0.25, 0.3) is 0 Å². The molecule has 1 aliphatic heterocycles. The minimum atomic E-state index is -3.54. The molecule has 3 rings (SSSR count). The van der Waals surface area contributed by atoms with Crippen molar-refractivity contribution in [1.29, 1.82) is 0 Å². The highest BCUT2D eigenvalue weighted by Crippen LogP contribution is 2.33. The largest absolute Gasteiger partial charge is 0.495 e. The van der Waals surface area contributed by atoms with Crippen LogP contribution >= 0.6 is 11.3 Å². The highest BCUT2D eigenvalue weighted by Gasteiger charge is 2.20. The summed E-state index contributed by atoms with van der Waals surface area (Å²) in [4.78, 5) is 4.49. The standard InChI is InChI=1S/C16H21N3O3S2/c1-18-7-9-19(10-8-18)14-12-13(5-6-15(14)22-2)17-24(20,21)16-4-3-11-23-16/h3-6,11-12,17H,7-10H2,1-2H3. The Morgan fingerprint density at radius 2 is 1.92 bits per heavy atom. The van der Waals surface area contributed by atoms with E-state index in [1.165, 1.54) is 11.3 Å². The van der Waals surface area contributed by atoms with Crippen LogP contribution in [0.1, 0.15) is 0 Å². The van der Waals surface area contributed by atoms with E-state index in [1.54, 1.807) is 36.8 Å². The molecule has 0 saturated carbocycles. The summed E-state index contributed by atoms with van der Waals surface area (Å²) in [6.07, 6.45) is 0. The number of sulfonamides is 1. The number of ether oxygens (including phenoxy) is 1. The summed E-state index contributed by atoms with van der Waals surface area (Å²) in [5, 5.41) is 1.75. The fourth-order valence-corrected chi connectivity index (χ4v) is 4.71. The molecular weight excluding hydrogens is 346 g/mol. The van der Waals surface area contributed by atoms with Gasteiger partial charge in [0, 0.05) is 26.2 Å². The van der Waals surface area contributed by atoms with Crippen molar-refractivity contribution in [2.45, 2.75) is 4.21 Å². The number of benzene rings is 1. The highest BCUT2D eigenvalue weighted by atomic mass is 32.2. The van der Waals surface area contributed by atoms with Crippen LogP contribution in [0.2, 0.25) is 0 Å². The second kappa shape index (κ2) is 7.00. The molecule has 24 heavy (non-hydrogen) atoms. The first-order valence-corrected chi connectivity index (χ1v) is 10.0. The van der Waals surface area contributed by atoms with Crippen molar-refractivity contribution in [3.63, 3.8) is 0 Å². The van der Waals surface area contributed by atoms with Gasteiger partial charge in [0.2, 0.25) is 0 Å². The van der Waals surface area contributed by atoms with Gasteiger partial charge in [0.15, 0.2) is 0 Å². The Bertz CT molecular complexity index is 783. The van der Waals surface area contributed by atoms with Gasteiger partial charge in [-0.2, -0.15) is 0 Å². The normalized spacial score (nSPS) is 16.2. The predicted molar refractivity (Wildman–Crippen MR) is 97.8 cm³/mol. The van der Waals surface area contributed by atoms with Crippen molar-refractivity contribution >= 4 is 32.7 Å². The monoisotopic (exact) mass is 367 g/mol. The summed E-state index contributed by atoms with van der Waals surface area (Å²) in [6, 6.07) is 8.69. The molecule has 0 atom stereocenters. The Labute approximate surface area is 146 Å². The fraction of sp³-hybridized carbons (Fsp3) is 0.375. The molecule has 8 heteroatoms. The van der Waals surface area contributed by atoms with E-state index in [9.17, 15) is 8.42 Å². The second-order valence-corrected chi connectivity index (χ2v) is 8.57. The number of nitrogens with one attached hydrogen (secondary N) is 1. The number of nitrogens with zero attached hydrogens (tertiary/aromatic N) is 2. The highest BCUT2D eigenvalue weighted by molar-refractivity contribution is 7.94. The zero-order chi connectivity index (χ0) is 17.2. The van der Waals surface area contributed by atoms with Gasteiger partial charge in [0.25, 0.3) is 10.0 Å². The van der Waals surface area contributed by atoms with E-state index in [2.05, 4.69) is 21.6 Å². The first kappa shape index (κ1) is 17.1. The van der Waals surface area contributed by atoms with Crippen LogP contribution < -0.4 is 14.4 Å². The zero-order valence-corrected chi connectivity index (χ0v) is 15.4. The van der Waals surface area contributed by atoms with Crippen LogP contribution in [0.5, 0.6) is 5.75 Å². The number of thiophene rings is 1. The third-order valence-corrected chi connectivity index (χ3v) is 6.81. The molecule has 2 aromatic rings. The third-order valence-electron chi connectivity index (χ3n) is 4.03. The van der Waals surface area contributed by atoms with Crippen LogP contribution in [0.15, 0.2) is 39.9 Å². The van der Waals surface area contributed by atoms with Gasteiger partial charge in [-0.1, -0.05) is 6.07 Å². The Morgan fingerprint density at radius 3 is 2.54 bits per heavy atom. The van der Waals surface area contributed by atoms with Crippen LogP contribution in [0, 0.1) is 0 Å². The summed E-state index contributed by atoms with van der Waals surface area (Å²) in [7, 11) is 0.182. The van der Waals surface area contributed by atoms with Gasteiger partial charge in [-0.15, -0.1) is 11.3 Å². The van der Waals surface area contributed by atoms with Gasteiger partial charge in [0.05, 0.1) is 18.5 Å². The maximum Gasteiger partial charge on any atom is 0.271 e. The molecule has 1 fully saturated rings. The smallest absolute Gasteiger partial charge is 0.271 e. The molecular formula is C16H21N3O3S2. The van der Waals surface area contributed by atoms with E-state index in [0.29, 0.717) is 9.90 Å². The van der Waals surface area contributed by atoms with Gasteiger partial charge in [-0.25, -0.2) is 8.42 Å². The molecule has 1 aliphatic rings. The van der Waals surface area contributed by atoms with Gasteiger partial charge < -0.3 is 14.5 Å². The van der Waals surface area contributed by atoms with Gasteiger partial charge in [-0.05, 0) is 36.7 Å². The molecule has 130 valence electrons. The van der Waals surface area contributed by atoms with Crippen molar-refractivity contribution in [3.05, 3.63) is 35.7 Å². The first-order valence-electron chi connectivity index (χ1n) is 7.67. The summed E-state index contributed by atoms with van der Waals surface area (Å²) < 4.78 is 33.2. The maximum atomic E-state index is 12.4. The van der Waals surface area contributed by atoms with Crippen LogP contribution in [-0.4, -0.2) is 53.7 Å². The lowest BCUT2D eigenvalue weighted by Crippen LogP contribution is -2.44. The Balaban J connectivity index is 1.86. The van der Waals surface area contributed by atoms with E-state index < -0.39 is 10.0 Å². The number of likely N-dealkylation sites (N-methyl/N-ethyl adjacent to an activating group) is 1. The quantitative estimate of drug-likeness (QED) is 0.879. The molecule has 1 saturated heterocycles. The molecule has 0 unspecified atom stereocenters. The maximum absolute atomic E-state index is 12.4. The number of rotatable bonds is 5. The number of methoxy groups -OCH3 is 1. The van der Waals surface area contributed by atoms with Crippen LogP contribution in [-0.2, 0) is 10.0 Å². The molecule has 6 nitrogen and oxygen atoms in total. The molecule has 0 radical (unpaired) electrons. The Hall–Kier alpha value is -1.77. The average Bonchev–Trinajstić information content (AvgIpc) is 3.11. The third kappa shape index (κ3) is 3.66. The SMILES string of the molecule is COc1ccc(NS(=O)(=O)c2cccs2)cc1N1CCN(C)CC1. The summed E-state index contributed by atoms with van der Waals surface area (Å²) in [6.45, 7) is 3.70. The first-order chi connectivity index (χ1) is 11.5. The van der Waals surface area contributed by atoms with Crippen molar-refractivity contribution in [1.82, 2.24) is 4.90 Å². The van der Waals surface area contributed by atoms with Crippen molar-refractivity contribution in [2.24, 2.45) is 0 Å². The lowest BCUT2D eigenvalue weighted by molar-refractivity contribution is 0.311. The lowest BCUT2D eigenvalue weighted by Gasteiger charge is -2.34. The summed E-state index contributed by atoms with van der Waals surface area (Å²) in [5.74, 6) is 0.749. The molecule has 2 heterocycles. The number of anilines is 2. The average molecular weight is 367 g/mol. The van der Waals surface area contributed by atoms with E-state index >= 15 is 0 Å². The number of hydrogen-bond donors (Lipinski definition) is 1. The molecule has 1 N–H and O–H groups in total. The minimum Gasteiger partial charge on any atom is -0.495 e. The number of hydrogen-bond acceptors (Lipinski definition) is 6. The van der Waals surface area contributed by atoms with Crippen molar-refractivity contribution in [3.8, 4) is 5.75 Å². The lowest BCUT2D eigenvalue weighted by atomic mass is 10.2. The molecule has 0 aliphatic carbocycles. The Kier molecular flexibility index (Phi) is 4.98. The van der Waals surface area contributed by atoms with E-state index in [0.717, 1.165) is 37.6 Å². The van der Waals surface area contributed by atoms with Gasteiger partial charge >= 0.3 is 0 Å². The van der Waals surface area contributed by atoms with Crippen molar-refractivity contribution in [2.75, 3.05) is 50.0 Å². The molecule has 1 aromatic heterocycles. The fourth-order valence-electron chi connectivity index (χ4n) is 2.67. The summed E-state index contributed by atoms with van der Waals surface area (Å²) in [5.41, 5.74) is 1.45. The van der Waals surface area contributed by atoms with Crippen LogP contribution in [0.4, 0.5) is 11.4 Å². The van der Waals surface area contributed by atoms with Crippen molar-refractivity contribution < 1.29 is 13.2 Å². The summed E-state index contributed by atoms with van der Waals surface area (Å²) >= 11 is 1.20. The molecule has 0 bridgehead atoms. The van der Waals surface area contributed by atoms with E-state index in [-0.39, 0.29) is 0 Å². The van der Waals surface area contributed by atoms with Gasteiger partial charge in [-0.3, -0.25) is 4.72 Å². The van der Waals surface area contributed by atoms with E-state index in [1.807, 2.05) is 6.07 Å². The molecule has 0 amide bonds. The zero-order valence-electron chi connectivity index (χ0n) is 13.7. The predicted octanol–water partition coefficient (Wildman–Crippen LogP) is 2.31. The minimum absolute atomic E-state index is 0.305. The molecule has 1 aromatic carbocycles. The molecule has 0 spiro atoms.